The van der Waals surface area contributed by atoms with E-state index in [2.05, 4.69) is 20.8 Å². The van der Waals surface area contributed by atoms with E-state index in [9.17, 15) is 5.11 Å². The molecule has 0 aromatic heterocycles. The highest BCUT2D eigenvalue weighted by Crippen LogP contribution is 2.60. The first-order valence-corrected chi connectivity index (χ1v) is 7.15. The van der Waals surface area contributed by atoms with Crippen molar-refractivity contribution in [3.05, 3.63) is 0 Å². The molecule has 1 heterocycles. The smallest absolute Gasteiger partial charge is 0.0920 e. The molecular formula is C15H26O2. The Morgan fingerprint density at radius 1 is 1.00 bits per heavy atom. The maximum absolute atomic E-state index is 10.7. The Labute approximate surface area is 105 Å². The van der Waals surface area contributed by atoms with Crippen molar-refractivity contribution in [1.29, 1.82) is 0 Å². The van der Waals surface area contributed by atoms with E-state index < -0.39 is 5.60 Å². The van der Waals surface area contributed by atoms with Crippen LogP contribution in [0.4, 0.5) is 0 Å². The molecule has 0 aromatic rings. The molecule has 3 fully saturated rings. The van der Waals surface area contributed by atoms with Gasteiger partial charge in [0.2, 0.25) is 0 Å². The van der Waals surface area contributed by atoms with E-state index in [1.165, 1.54) is 19.3 Å². The van der Waals surface area contributed by atoms with E-state index >= 15 is 0 Å². The first kappa shape index (κ1) is 12.0. The molecule has 1 aliphatic heterocycles. The predicted molar refractivity (Wildman–Crippen MR) is 67.7 cm³/mol. The number of ether oxygens (including phenoxy) is 1. The summed E-state index contributed by atoms with van der Waals surface area (Å²) in [5.74, 6) is 1.19. The highest BCUT2D eigenvalue weighted by molar-refractivity contribution is 5.08. The van der Waals surface area contributed by atoms with Crippen molar-refractivity contribution in [2.75, 3.05) is 0 Å². The second-order valence-corrected chi connectivity index (χ2v) is 7.76. The van der Waals surface area contributed by atoms with Crippen molar-refractivity contribution in [1.82, 2.24) is 0 Å². The van der Waals surface area contributed by atoms with Gasteiger partial charge in [0.25, 0.3) is 0 Å². The molecule has 0 radical (unpaired) electrons. The van der Waals surface area contributed by atoms with Crippen LogP contribution in [0.25, 0.3) is 0 Å². The predicted octanol–water partition coefficient (Wildman–Crippen LogP) is 3.13. The SMILES string of the molecule is CC1(C)C[C@H]2[C@@H]1CC[C@@]1(C)O[C@@H]1CCC2(C)O. The number of fused-ring (bicyclic) bond motifs is 2. The van der Waals surface area contributed by atoms with E-state index in [1.54, 1.807) is 0 Å². The van der Waals surface area contributed by atoms with Crippen molar-refractivity contribution in [2.45, 2.75) is 77.1 Å². The summed E-state index contributed by atoms with van der Waals surface area (Å²) < 4.78 is 5.84. The molecule has 0 spiro atoms. The van der Waals surface area contributed by atoms with Gasteiger partial charge in [-0.25, -0.2) is 0 Å². The minimum atomic E-state index is -0.475. The molecule has 3 aliphatic rings. The van der Waals surface area contributed by atoms with Crippen LogP contribution in [0.3, 0.4) is 0 Å². The molecule has 0 bridgehead atoms. The Morgan fingerprint density at radius 3 is 2.35 bits per heavy atom. The number of epoxide rings is 1. The van der Waals surface area contributed by atoms with Crippen LogP contribution in [0.15, 0.2) is 0 Å². The molecule has 98 valence electrons. The fourth-order valence-electron chi connectivity index (χ4n) is 4.42. The van der Waals surface area contributed by atoms with Crippen molar-refractivity contribution in [2.24, 2.45) is 17.3 Å². The first-order chi connectivity index (χ1) is 7.75. The quantitative estimate of drug-likeness (QED) is 0.658. The van der Waals surface area contributed by atoms with Crippen LogP contribution in [0.2, 0.25) is 0 Å². The summed E-state index contributed by atoms with van der Waals surface area (Å²) in [6.45, 7) is 9.01. The first-order valence-electron chi connectivity index (χ1n) is 7.15. The molecule has 1 N–H and O–H groups in total. The summed E-state index contributed by atoms with van der Waals surface area (Å²) in [6, 6.07) is 0. The fourth-order valence-corrected chi connectivity index (χ4v) is 4.42. The van der Waals surface area contributed by atoms with Gasteiger partial charge in [-0.1, -0.05) is 13.8 Å². The van der Waals surface area contributed by atoms with E-state index in [4.69, 9.17) is 4.74 Å². The van der Waals surface area contributed by atoms with E-state index in [0.717, 1.165) is 12.8 Å². The number of rotatable bonds is 0. The second kappa shape index (κ2) is 3.27. The largest absolute Gasteiger partial charge is 0.390 e. The number of hydrogen-bond donors (Lipinski definition) is 1. The third-order valence-electron chi connectivity index (χ3n) is 5.93. The Bertz CT molecular complexity index is 334. The molecule has 2 heteroatoms. The topological polar surface area (TPSA) is 32.8 Å². The third kappa shape index (κ3) is 1.76. The Kier molecular flexibility index (Phi) is 2.30. The number of aliphatic hydroxyl groups is 1. The van der Waals surface area contributed by atoms with E-state index in [0.29, 0.717) is 23.4 Å². The Morgan fingerprint density at radius 2 is 1.71 bits per heavy atom. The molecular weight excluding hydrogens is 212 g/mol. The van der Waals surface area contributed by atoms with Crippen LogP contribution >= 0.6 is 0 Å². The van der Waals surface area contributed by atoms with Gasteiger partial charge in [0, 0.05) is 0 Å². The van der Waals surface area contributed by atoms with Gasteiger partial charge < -0.3 is 9.84 Å². The van der Waals surface area contributed by atoms with Crippen LogP contribution in [0, 0.1) is 17.3 Å². The van der Waals surface area contributed by atoms with Gasteiger partial charge in [0.1, 0.15) is 0 Å². The molecule has 2 saturated carbocycles. The standard InChI is InChI=1S/C15H26O2/c1-13(2)9-11-10(13)5-8-15(4)12(17-15)6-7-14(11,3)16/h10-12,16H,5-9H2,1-4H3/t10-,11-,12+,14?,15+/m0/s1. The lowest BCUT2D eigenvalue weighted by atomic mass is 9.50. The zero-order chi connectivity index (χ0) is 12.5. The molecule has 0 amide bonds. The Balaban J connectivity index is 1.81. The summed E-state index contributed by atoms with van der Waals surface area (Å²) in [4.78, 5) is 0. The van der Waals surface area contributed by atoms with Crippen molar-refractivity contribution in [3.8, 4) is 0 Å². The number of hydrogen-bond acceptors (Lipinski definition) is 2. The lowest BCUT2D eigenvalue weighted by molar-refractivity contribution is -0.144. The lowest BCUT2D eigenvalue weighted by Crippen LogP contribution is -2.54. The minimum Gasteiger partial charge on any atom is -0.390 e. The van der Waals surface area contributed by atoms with Crippen LogP contribution in [-0.2, 0) is 4.74 Å². The van der Waals surface area contributed by atoms with E-state index in [1.807, 2.05) is 6.92 Å². The molecule has 1 saturated heterocycles. The molecule has 17 heavy (non-hydrogen) atoms. The molecule has 3 rings (SSSR count). The summed E-state index contributed by atoms with van der Waals surface area (Å²) in [5, 5.41) is 10.7. The summed E-state index contributed by atoms with van der Waals surface area (Å²) >= 11 is 0. The average molecular weight is 238 g/mol. The third-order valence-corrected chi connectivity index (χ3v) is 5.93. The highest BCUT2D eigenvalue weighted by Gasteiger charge is 2.59. The van der Waals surface area contributed by atoms with Crippen LogP contribution < -0.4 is 0 Å². The minimum absolute atomic E-state index is 0.136. The van der Waals surface area contributed by atoms with Crippen LogP contribution in [0.1, 0.15) is 59.8 Å². The van der Waals surface area contributed by atoms with Crippen molar-refractivity contribution >= 4 is 0 Å². The zero-order valence-electron chi connectivity index (χ0n) is 11.6. The van der Waals surface area contributed by atoms with Gasteiger partial charge in [0.15, 0.2) is 0 Å². The van der Waals surface area contributed by atoms with E-state index in [-0.39, 0.29) is 5.60 Å². The Hall–Kier alpha value is -0.0800. The van der Waals surface area contributed by atoms with Gasteiger partial charge in [-0.05, 0) is 63.2 Å². The summed E-state index contributed by atoms with van der Waals surface area (Å²) in [6.07, 6.45) is 5.94. The molecule has 2 aliphatic carbocycles. The normalized spacial score (nSPS) is 56.6. The van der Waals surface area contributed by atoms with Gasteiger partial charge >= 0.3 is 0 Å². The van der Waals surface area contributed by atoms with Gasteiger partial charge in [-0.15, -0.1) is 0 Å². The van der Waals surface area contributed by atoms with Crippen molar-refractivity contribution < 1.29 is 9.84 Å². The maximum Gasteiger partial charge on any atom is 0.0920 e. The van der Waals surface area contributed by atoms with Gasteiger partial charge in [-0.2, -0.15) is 0 Å². The molecule has 2 nitrogen and oxygen atoms in total. The highest BCUT2D eigenvalue weighted by atomic mass is 16.6. The summed E-state index contributed by atoms with van der Waals surface area (Å²) in [5.41, 5.74) is 0.0772. The summed E-state index contributed by atoms with van der Waals surface area (Å²) in [7, 11) is 0. The fraction of sp³-hybridized carbons (Fsp3) is 1.00. The monoisotopic (exact) mass is 238 g/mol. The van der Waals surface area contributed by atoms with Crippen LogP contribution in [-0.4, -0.2) is 22.4 Å². The second-order valence-electron chi connectivity index (χ2n) is 7.76. The maximum atomic E-state index is 10.7. The average Bonchev–Trinajstić information content (AvgIpc) is 2.83. The van der Waals surface area contributed by atoms with Gasteiger partial charge in [0.05, 0.1) is 17.3 Å². The van der Waals surface area contributed by atoms with Crippen LogP contribution in [0.5, 0.6) is 0 Å². The zero-order valence-corrected chi connectivity index (χ0v) is 11.6. The van der Waals surface area contributed by atoms with Gasteiger partial charge in [-0.3, -0.25) is 0 Å². The molecule has 1 unspecified atom stereocenters. The molecule has 5 atom stereocenters. The van der Waals surface area contributed by atoms with Crippen molar-refractivity contribution in [3.63, 3.8) is 0 Å². The lowest BCUT2D eigenvalue weighted by Gasteiger charge is -2.57. The molecule has 0 aromatic carbocycles.